The Morgan fingerprint density at radius 2 is 2.09 bits per heavy atom. The van der Waals surface area contributed by atoms with Gasteiger partial charge in [0.2, 0.25) is 0 Å². The van der Waals surface area contributed by atoms with Gasteiger partial charge in [-0.25, -0.2) is 8.42 Å². The van der Waals surface area contributed by atoms with Gasteiger partial charge in [-0.1, -0.05) is 13.8 Å². The molecule has 0 spiro atoms. The molecule has 1 unspecified atom stereocenters. The number of allylic oxidation sites excluding steroid dienone is 2. The first-order valence-electron chi connectivity index (χ1n) is 7.57. The number of sulfonamides is 1. The Kier molecular flexibility index (Phi) is 5.05. The van der Waals surface area contributed by atoms with Crippen molar-refractivity contribution in [2.24, 2.45) is 10.3 Å². The van der Waals surface area contributed by atoms with Crippen molar-refractivity contribution in [2.45, 2.75) is 39.7 Å². The highest BCUT2D eigenvalue weighted by molar-refractivity contribution is 7.90. The molecule has 22 heavy (non-hydrogen) atoms. The summed E-state index contributed by atoms with van der Waals surface area (Å²) in [6.07, 6.45) is 7.01. The van der Waals surface area contributed by atoms with Gasteiger partial charge in [0.25, 0.3) is 15.9 Å². The fourth-order valence-corrected chi connectivity index (χ4v) is 3.34. The second-order valence-electron chi connectivity index (χ2n) is 6.16. The number of carbonyl (C=O) groups is 1. The summed E-state index contributed by atoms with van der Waals surface area (Å²) in [6.45, 7) is 6.56. The smallest absolute Gasteiger partial charge is 0.256 e. The van der Waals surface area contributed by atoms with Gasteiger partial charge in [-0.05, 0) is 37.8 Å². The number of amides is 1. The largest absolute Gasteiger partial charge is 0.349 e. The van der Waals surface area contributed by atoms with Crippen LogP contribution in [-0.4, -0.2) is 43.4 Å². The lowest BCUT2D eigenvalue weighted by Gasteiger charge is -2.29. The highest BCUT2D eigenvalue weighted by Crippen LogP contribution is 2.18. The molecule has 0 saturated carbocycles. The minimum atomic E-state index is -3.48. The van der Waals surface area contributed by atoms with Crippen LogP contribution in [0.5, 0.6) is 0 Å². The van der Waals surface area contributed by atoms with Crippen LogP contribution in [0.1, 0.15) is 33.6 Å². The number of hydrogen-bond acceptors (Lipinski definition) is 4. The van der Waals surface area contributed by atoms with Crippen LogP contribution >= 0.6 is 0 Å². The fraction of sp³-hybridized carbons (Fsp3) is 0.600. The highest BCUT2D eigenvalue weighted by atomic mass is 32.2. The van der Waals surface area contributed by atoms with Crippen molar-refractivity contribution in [2.75, 3.05) is 12.3 Å². The topological polar surface area (TPSA) is 78.8 Å². The summed E-state index contributed by atoms with van der Waals surface area (Å²) in [7, 11) is -3.48. The van der Waals surface area contributed by atoms with Gasteiger partial charge < -0.3 is 10.2 Å². The van der Waals surface area contributed by atoms with E-state index in [9.17, 15) is 13.2 Å². The highest BCUT2D eigenvalue weighted by Gasteiger charge is 2.30. The van der Waals surface area contributed by atoms with Gasteiger partial charge in [-0.3, -0.25) is 4.79 Å². The molecule has 2 aliphatic heterocycles. The lowest BCUT2D eigenvalue weighted by molar-refractivity contribution is -0.117. The molecule has 0 aliphatic carbocycles. The van der Waals surface area contributed by atoms with E-state index < -0.39 is 10.0 Å². The van der Waals surface area contributed by atoms with Crippen LogP contribution in [0.25, 0.3) is 0 Å². The summed E-state index contributed by atoms with van der Waals surface area (Å²) in [5, 5.41) is 2.92. The molecular weight excluding hydrogens is 302 g/mol. The van der Waals surface area contributed by atoms with E-state index in [1.165, 1.54) is 0 Å². The molecule has 0 aromatic rings. The maximum atomic E-state index is 12.4. The number of carbonyl (C=O) groups excluding carboxylic acids is 1. The normalized spacial score (nSPS) is 21.0. The number of amidine groups is 1. The minimum Gasteiger partial charge on any atom is -0.349 e. The Balaban J connectivity index is 2.10. The molecule has 1 N–H and O–H groups in total. The van der Waals surface area contributed by atoms with Crippen molar-refractivity contribution in [3.05, 3.63) is 23.9 Å². The van der Waals surface area contributed by atoms with Crippen LogP contribution in [0.4, 0.5) is 0 Å². The van der Waals surface area contributed by atoms with Crippen LogP contribution in [0.3, 0.4) is 0 Å². The Morgan fingerprint density at radius 1 is 1.36 bits per heavy atom. The van der Waals surface area contributed by atoms with Gasteiger partial charge in [0.1, 0.15) is 0 Å². The standard InChI is InChI=1S/C15H23N3O3S/c1-11(2)6-7-12(3)16-15(19)13-5-4-8-18-9-10-22(20,21)17-14(13)18/h4-5,8,11-12H,6-7,9-10H2,1-3H3,(H,16,19). The molecule has 122 valence electrons. The Bertz CT molecular complexity index is 632. The summed E-state index contributed by atoms with van der Waals surface area (Å²) in [5.41, 5.74) is 0.308. The maximum Gasteiger partial charge on any atom is 0.256 e. The van der Waals surface area contributed by atoms with E-state index in [2.05, 4.69) is 23.6 Å². The van der Waals surface area contributed by atoms with Gasteiger partial charge in [-0.15, -0.1) is 4.40 Å². The second-order valence-corrected chi connectivity index (χ2v) is 7.92. The molecule has 0 fully saturated rings. The molecule has 0 aromatic carbocycles. The van der Waals surface area contributed by atoms with Crippen LogP contribution < -0.4 is 5.32 Å². The van der Waals surface area contributed by atoms with E-state index in [-0.39, 0.29) is 23.5 Å². The zero-order chi connectivity index (χ0) is 16.3. The Morgan fingerprint density at radius 3 is 2.77 bits per heavy atom. The third-order valence-corrected chi connectivity index (χ3v) is 4.81. The van der Waals surface area contributed by atoms with Gasteiger partial charge in [-0.2, -0.15) is 0 Å². The molecular formula is C15H23N3O3S. The molecule has 6 nitrogen and oxygen atoms in total. The van der Waals surface area contributed by atoms with E-state index in [4.69, 9.17) is 0 Å². The number of fused-ring (bicyclic) bond motifs is 1. The average Bonchev–Trinajstić information content (AvgIpc) is 2.43. The van der Waals surface area contributed by atoms with E-state index >= 15 is 0 Å². The molecule has 2 aliphatic rings. The molecule has 0 radical (unpaired) electrons. The molecule has 2 heterocycles. The van der Waals surface area contributed by atoms with Crippen molar-refractivity contribution in [3.63, 3.8) is 0 Å². The molecule has 2 rings (SSSR count). The quantitative estimate of drug-likeness (QED) is 0.829. The van der Waals surface area contributed by atoms with Crippen LogP contribution in [-0.2, 0) is 14.8 Å². The van der Waals surface area contributed by atoms with Crippen molar-refractivity contribution in [1.29, 1.82) is 0 Å². The number of nitrogens with zero attached hydrogens (tertiary/aromatic N) is 2. The van der Waals surface area contributed by atoms with Crippen molar-refractivity contribution < 1.29 is 13.2 Å². The van der Waals surface area contributed by atoms with Gasteiger partial charge in [0.05, 0.1) is 11.3 Å². The monoisotopic (exact) mass is 325 g/mol. The number of hydrogen-bond donors (Lipinski definition) is 1. The van der Waals surface area contributed by atoms with Crippen LogP contribution in [0, 0.1) is 5.92 Å². The summed E-state index contributed by atoms with van der Waals surface area (Å²) >= 11 is 0. The van der Waals surface area contributed by atoms with Crippen LogP contribution in [0.2, 0.25) is 0 Å². The lowest BCUT2D eigenvalue weighted by atomic mass is 10.0. The molecule has 0 bridgehead atoms. The predicted molar refractivity (Wildman–Crippen MR) is 86.8 cm³/mol. The SMILES string of the molecule is CC(C)CCC(C)NC(=O)C1=CC=CN2CCS(=O)(=O)N=C12. The summed E-state index contributed by atoms with van der Waals surface area (Å²) in [6, 6.07) is 0.0379. The number of nitrogens with one attached hydrogen (secondary N) is 1. The molecule has 0 aromatic heterocycles. The minimum absolute atomic E-state index is 0.0273. The molecule has 1 amide bonds. The molecule has 0 saturated heterocycles. The van der Waals surface area contributed by atoms with Crippen molar-refractivity contribution in [1.82, 2.24) is 10.2 Å². The predicted octanol–water partition coefficient (Wildman–Crippen LogP) is 1.42. The van der Waals surface area contributed by atoms with E-state index in [1.54, 1.807) is 23.3 Å². The number of rotatable bonds is 5. The lowest BCUT2D eigenvalue weighted by Crippen LogP contribution is -2.44. The summed E-state index contributed by atoms with van der Waals surface area (Å²) < 4.78 is 27.1. The van der Waals surface area contributed by atoms with E-state index in [1.807, 2.05) is 6.92 Å². The molecule has 1 atom stereocenters. The van der Waals surface area contributed by atoms with Crippen molar-refractivity contribution >= 4 is 21.8 Å². The molecule has 7 heteroatoms. The summed E-state index contributed by atoms with van der Waals surface area (Å²) in [4.78, 5) is 14.1. The average molecular weight is 325 g/mol. The van der Waals surface area contributed by atoms with Crippen molar-refractivity contribution in [3.8, 4) is 0 Å². The fourth-order valence-electron chi connectivity index (χ4n) is 2.35. The third kappa shape index (κ3) is 4.19. The zero-order valence-corrected chi connectivity index (χ0v) is 14.1. The summed E-state index contributed by atoms with van der Waals surface area (Å²) in [5.74, 6) is 0.504. The third-order valence-electron chi connectivity index (χ3n) is 3.66. The zero-order valence-electron chi connectivity index (χ0n) is 13.2. The second kappa shape index (κ2) is 6.64. The van der Waals surface area contributed by atoms with E-state index in [0.29, 0.717) is 18.0 Å². The van der Waals surface area contributed by atoms with Gasteiger partial charge >= 0.3 is 0 Å². The van der Waals surface area contributed by atoms with Crippen LogP contribution in [0.15, 0.2) is 28.3 Å². The first-order valence-corrected chi connectivity index (χ1v) is 9.18. The maximum absolute atomic E-state index is 12.4. The van der Waals surface area contributed by atoms with Gasteiger partial charge in [0, 0.05) is 18.8 Å². The Hall–Kier alpha value is -1.63. The van der Waals surface area contributed by atoms with E-state index in [0.717, 1.165) is 12.8 Å². The van der Waals surface area contributed by atoms with Gasteiger partial charge in [0.15, 0.2) is 5.84 Å². The first-order chi connectivity index (χ1) is 10.3. The first kappa shape index (κ1) is 16.7. The Labute approximate surface area is 132 Å².